The Balaban J connectivity index is 2.17. The molecule has 0 amide bonds. The summed E-state index contributed by atoms with van der Waals surface area (Å²) in [6, 6.07) is 2.44. The Bertz CT molecular complexity index is 137. The van der Waals surface area contributed by atoms with Crippen molar-refractivity contribution in [1.29, 1.82) is 0 Å². The van der Waals surface area contributed by atoms with E-state index < -0.39 is 0 Å². The quantitative estimate of drug-likeness (QED) is 0.404. The van der Waals surface area contributed by atoms with Crippen molar-refractivity contribution >= 4 is 0 Å². The Morgan fingerprint density at radius 1 is 1.40 bits per heavy atom. The van der Waals surface area contributed by atoms with E-state index in [9.17, 15) is 0 Å². The van der Waals surface area contributed by atoms with Crippen LogP contribution in [-0.2, 0) is 0 Å². The van der Waals surface area contributed by atoms with Crippen molar-refractivity contribution in [2.24, 2.45) is 11.7 Å². The van der Waals surface area contributed by atoms with Gasteiger partial charge in [0.2, 0.25) is 0 Å². The molecule has 0 atom stereocenters. The van der Waals surface area contributed by atoms with Gasteiger partial charge in [-0.3, -0.25) is 0 Å². The fourth-order valence-corrected chi connectivity index (χ4v) is 1.29. The van der Waals surface area contributed by atoms with Crippen LogP contribution >= 0.6 is 0 Å². The highest BCUT2D eigenvalue weighted by atomic mass is 14.9. The van der Waals surface area contributed by atoms with Crippen LogP contribution in [0.3, 0.4) is 0 Å². The van der Waals surface area contributed by atoms with E-state index in [1.807, 2.05) is 0 Å². The molecular formula is C8H14N2. The molecule has 0 aliphatic carbocycles. The Labute approximate surface area is 62.2 Å². The van der Waals surface area contributed by atoms with Crippen molar-refractivity contribution in [2.45, 2.75) is 19.3 Å². The van der Waals surface area contributed by atoms with Crippen LogP contribution in [0, 0.1) is 17.9 Å². The second-order valence-corrected chi connectivity index (χ2v) is 2.72. The van der Waals surface area contributed by atoms with E-state index >= 15 is 0 Å². The zero-order chi connectivity index (χ0) is 7.23. The van der Waals surface area contributed by atoms with Crippen LogP contribution in [0.25, 0.3) is 0 Å². The lowest BCUT2D eigenvalue weighted by molar-refractivity contribution is 0.381. The van der Waals surface area contributed by atoms with Gasteiger partial charge in [0.1, 0.15) is 0 Å². The molecule has 1 saturated heterocycles. The summed E-state index contributed by atoms with van der Waals surface area (Å²) < 4.78 is 0. The van der Waals surface area contributed by atoms with E-state index in [1.54, 1.807) is 0 Å². The molecule has 0 aromatic rings. The fraction of sp³-hybridized carbons (Fsp3) is 0.750. The van der Waals surface area contributed by atoms with Crippen LogP contribution in [0.2, 0.25) is 0 Å². The predicted octanol–water partition coefficient (Wildman–Crippen LogP) is 0.296. The van der Waals surface area contributed by atoms with Crippen LogP contribution in [0.1, 0.15) is 19.3 Å². The third-order valence-corrected chi connectivity index (χ3v) is 1.95. The van der Waals surface area contributed by atoms with E-state index in [2.05, 4.69) is 17.3 Å². The van der Waals surface area contributed by atoms with E-state index in [0.29, 0.717) is 0 Å². The molecule has 0 aromatic carbocycles. The lowest BCUT2D eigenvalue weighted by Crippen LogP contribution is -2.27. The molecule has 0 radical (unpaired) electrons. The van der Waals surface area contributed by atoms with Gasteiger partial charge in [0, 0.05) is 12.5 Å². The maximum atomic E-state index is 5.07. The maximum absolute atomic E-state index is 5.07. The SMILES string of the molecule is NC#CCC1CCNCC1. The average Bonchev–Trinajstić information content (AvgIpc) is 2.03. The zero-order valence-electron chi connectivity index (χ0n) is 6.19. The first-order valence-corrected chi connectivity index (χ1v) is 3.82. The van der Waals surface area contributed by atoms with E-state index in [4.69, 9.17) is 5.73 Å². The highest BCUT2D eigenvalue weighted by molar-refractivity contribution is 4.95. The van der Waals surface area contributed by atoms with Crippen molar-refractivity contribution in [3.05, 3.63) is 0 Å². The second kappa shape index (κ2) is 4.19. The molecule has 0 spiro atoms. The average molecular weight is 138 g/mol. The Hall–Kier alpha value is -0.680. The summed E-state index contributed by atoms with van der Waals surface area (Å²) in [6.07, 6.45) is 3.50. The van der Waals surface area contributed by atoms with Crippen LogP contribution in [0.15, 0.2) is 0 Å². The van der Waals surface area contributed by atoms with Crippen LogP contribution in [0.4, 0.5) is 0 Å². The molecular weight excluding hydrogens is 124 g/mol. The third kappa shape index (κ3) is 2.28. The summed E-state index contributed by atoms with van der Waals surface area (Å²) in [6.45, 7) is 2.30. The van der Waals surface area contributed by atoms with Crippen molar-refractivity contribution in [3.8, 4) is 12.0 Å². The number of hydrogen-bond acceptors (Lipinski definition) is 2. The third-order valence-electron chi connectivity index (χ3n) is 1.95. The number of piperidine rings is 1. The molecule has 1 fully saturated rings. The summed E-state index contributed by atoms with van der Waals surface area (Å²) in [4.78, 5) is 0. The highest BCUT2D eigenvalue weighted by Gasteiger charge is 2.10. The van der Waals surface area contributed by atoms with Crippen molar-refractivity contribution in [1.82, 2.24) is 5.32 Å². The summed E-state index contributed by atoms with van der Waals surface area (Å²) in [5, 5.41) is 3.31. The molecule has 3 N–H and O–H groups in total. The number of nitrogens with one attached hydrogen (secondary N) is 1. The number of hydrogen-bond donors (Lipinski definition) is 2. The van der Waals surface area contributed by atoms with Gasteiger partial charge in [0.15, 0.2) is 0 Å². The number of rotatable bonds is 1. The van der Waals surface area contributed by atoms with Gasteiger partial charge in [0.05, 0.1) is 0 Å². The lowest BCUT2D eigenvalue weighted by atomic mass is 9.95. The molecule has 2 heteroatoms. The van der Waals surface area contributed by atoms with E-state index in [0.717, 1.165) is 25.4 Å². The van der Waals surface area contributed by atoms with Crippen molar-refractivity contribution < 1.29 is 0 Å². The molecule has 0 aromatic heterocycles. The van der Waals surface area contributed by atoms with E-state index in [-0.39, 0.29) is 0 Å². The Morgan fingerprint density at radius 3 is 2.70 bits per heavy atom. The molecule has 2 nitrogen and oxygen atoms in total. The standard InChI is InChI=1S/C8H14N2/c9-5-1-2-8-3-6-10-7-4-8/h8,10H,2-4,6-7,9H2. The summed E-state index contributed by atoms with van der Waals surface area (Å²) in [7, 11) is 0. The topological polar surface area (TPSA) is 38.0 Å². The van der Waals surface area contributed by atoms with Crippen LogP contribution in [0.5, 0.6) is 0 Å². The fourth-order valence-electron chi connectivity index (χ4n) is 1.29. The van der Waals surface area contributed by atoms with Gasteiger partial charge in [-0.15, -0.1) is 0 Å². The molecule has 1 rings (SSSR count). The molecule has 0 bridgehead atoms. The highest BCUT2D eigenvalue weighted by Crippen LogP contribution is 2.14. The first-order chi connectivity index (χ1) is 4.93. The largest absolute Gasteiger partial charge is 0.359 e. The molecule has 0 saturated carbocycles. The Morgan fingerprint density at radius 2 is 2.10 bits per heavy atom. The van der Waals surface area contributed by atoms with Crippen molar-refractivity contribution in [2.75, 3.05) is 13.1 Å². The monoisotopic (exact) mass is 138 g/mol. The lowest BCUT2D eigenvalue weighted by Gasteiger charge is -2.19. The summed E-state index contributed by atoms with van der Waals surface area (Å²) in [5.41, 5.74) is 5.07. The van der Waals surface area contributed by atoms with Crippen molar-refractivity contribution in [3.63, 3.8) is 0 Å². The van der Waals surface area contributed by atoms with Gasteiger partial charge in [-0.25, -0.2) is 0 Å². The van der Waals surface area contributed by atoms with E-state index in [1.165, 1.54) is 12.8 Å². The maximum Gasteiger partial charge on any atom is 0.0136 e. The molecule has 0 unspecified atom stereocenters. The minimum atomic E-state index is 0.789. The molecule has 10 heavy (non-hydrogen) atoms. The first kappa shape index (κ1) is 7.43. The van der Waals surface area contributed by atoms with Gasteiger partial charge in [-0.2, -0.15) is 0 Å². The summed E-state index contributed by atoms with van der Waals surface area (Å²) >= 11 is 0. The minimum absolute atomic E-state index is 0.789. The van der Waals surface area contributed by atoms with Crippen LogP contribution in [-0.4, -0.2) is 13.1 Å². The summed E-state index contributed by atoms with van der Waals surface area (Å²) in [5.74, 6) is 3.71. The van der Waals surface area contributed by atoms with Gasteiger partial charge < -0.3 is 11.1 Å². The van der Waals surface area contributed by atoms with Gasteiger partial charge in [0.25, 0.3) is 0 Å². The Kier molecular flexibility index (Phi) is 3.11. The normalized spacial score (nSPS) is 19.6. The molecule has 1 heterocycles. The molecule has 1 aliphatic rings. The minimum Gasteiger partial charge on any atom is -0.359 e. The zero-order valence-corrected chi connectivity index (χ0v) is 6.19. The first-order valence-electron chi connectivity index (χ1n) is 3.82. The van der Waals surface area contributed by atoms with Gasteiger partial charge in [-0.1, -0.05) is 5.92 Å². The second-order valence-electron chi connectivity index (χ2n) is 2.72. The van der Waals surface area contributed by atoms with Gasteiger partial charge >= 0.3 is 0 Å². The number of nitrogens with two attached hydrogens (primary N) is 1. The van der Waals surface area contributed by atoms with Gasteiger partial charge in [-0.05, 0) is 31.8 Å². The molecule has 56 valence electrons. The molecule has 1 aliphatic heterocycles. The predicted molar refractivity (Wildman–Crippen MR) is 42.2 cm³/mol. The van der Waals surface area contributed by atoms with Crippen LogP contribution < -0.4 is 11.1 Å². The smallest absolute Gasteiger partial charge is 0.0136 e.